The minimum atomic E-state index is -3.93. The summed E-state index contributed by atoms with van der Waals surface area (Å²) in [5.41, 5.74) is 1.17. The number of carbonyl (C=O) groups excluding carboxylic acids is 1. The standard InChI is InChI=1S/C18H20Cl2N2O3S/c1-11(2)10-21-18(23)14-9-13(8-7-12(14)3)26(24,25)22-16-6-4-5-15(19)17(16)20/h4-9,11,22H,10H2,1-3H3,(H,21,23). The van der Waals surface area contributed by atoms with E-state index < -0.39 is 10.0 Å². The summed E-state index contributed by atoms with van der Waals surface area (Å²) in [5.74, 6) is -0.0214. The van der Waals surface area contributed by atoms with Gasteiger partial charge in [0.2, 0.25) is 0 Å². The quantitative estimate of drug-likeness (QED) is 0.730. The molecule has 0 unspecified atom stereocenters. The van der Waals surface area contributed by atoms with Gasteiger partial charge < -0.3 is 5.32 Å². The number of carbonyl (C=O) groups is 1. The van der Waals surface area contributed by atoms with Gasteiger partial charge in [-0.15, -0.1) is 0 Å². The number of amides is 1. The van der Waals surface area contributed by atoms with Crippen LogP contribution in [0.4, 0.5) is 5.69 Å². The second kappa shape index (κ2) is 8.29. The monoisotopic (exact) mass is 414 g/mol. The molecule has 0 saturated carbocycles. The van der Waals surface area contributed by atoms with Crippen molar-refractivity contribution < 1.29 is 13.2 Å². The van der Waals surface area contributed by atoms with Crippen LogP contribution < -0.4 is 10.0 Å². The third kappa shape index (κ3) is 4.90. The largest absolute Gasteiger partial charge is 0.352 e. The average Bonchev–Trinajstić information content (AvgIpc) is 2.57. The van der Waals surface area contributed by atoms with E-state index in [1.54, 1.807) is 25.1 Å². The van der Waals surface area contributed by atoms with E-state index in [9.17, 15) is 13.2 Å². The fourth-order valence-electron chi connectivity index (χ4n) is 2.19. The molecule has 0 aliphatic heterocycles. The van der Waals surface area contributed by atoms with Gasteiger partial charge >= 0.3 is 0 Å². The minimum absolute atomic E-state index is 0.0335. The Labute approximate surface area is 163 Å². The Bertz CT molecular complexity index is 928. The fraction of sp³-hybridized carbons (Fsp3) is 0.278. The molecule has 5 nitrogen and oxygen atoms in total. The van der Waals surface area contributed by atoms with E-state index in [0.29, 0.717) is 17.7 Å². The van der Waals surface area contributed by atoms with Crippen molar-refractivity contribution in [2.45, 2.75) is 25.7 Å². The van der Waals surface area contributed by atoms with Gasteiger partial charge in [0, 0.05) is 12.1 Å². The summed E-state index contributed by atoms with van der Waals surface area (Å²) < 4.78 is 27.7. The highest BCUT2D eigenvalue weighted by Gasteiger charge is 2.20. The maximum Gasteiger partial charge on any atom is 0.261 e. The third-order valence-corrected chi connectivity index (χ3v) is 5.81. The van der Waals surface area contributed by atoms with Gasteiger partial charge in [0.25, 0.3) is 15.9 Å². The fourth-order valence-corrected chi connectivity index (χ4v) is 3.69. The Balaban J connectivity index is 2.34. The smallest absolute Gasteiger partial charge is 0.261 e. The molecule has 0 saturated heterocycles. The number of nitrogens with one attached hydrogen (secondary N) is 2. The summed E-state index contributed by atoms with van der Waals surface area (Å²) in [6.07, 6.45) is 0. The number of aryl methyl sites for hydroxylation is 1. The predicted molar refractivity (Wildman–Crippen MR) is 106 cm³/mol. The first kappa shape index (κ1) is 20.6. The molecule has 0 heterocycles. The lowest BCUT2D eigenvalue weighted by atomic mass is 10.1. The molecule has 8 heteroatoms. The van der Waals surface area contributed by atoms with E-state index in [2.05, 4.69) is 10.0 Å². The Morgan fingerprint density at radius 1 is 1.15 bits per heavy atom. The highest BCUT2D eigenvalue weighted by Crippen LogP contribution is 2.31. The molecule has 140 valence electrons. The van der Waals surface area contributed by atoms with Crippen LogP contribution in [0.3, 0.4) is 0 Å². The molecule has 2 rings (SSSR count). The van der Waals surface area contributed by atoms with Crippen LogP contribution in [0.15, 0.2) is 41.3 Å². The summed E-state index contributed by atoms with van der Waals surface area (Å²) in [7, 11) is -3.93. The van der Waals surface area contributed by atoms with Crippen LogP contribution in [0.25, 0.3) is 0 Å². The second-order valence-corrected chi connectivity index (χ2v) is 8.76. The molecule has 0 fully saturated rings. The highest BCUT2D eigenvalue weighted by atomic mass is 35.5. The molecule has 0 radical (unpaired) electrons. The summed E-state index contributed by atoms with van der Waals surface area (Å²) in [4.78, 5) is 12.3. The van der Waals surface area contributed by atoms with Crippen LogP contribution in [0.2, 0.25) is 10.0 Å². The Morgan fingerprint density at radius 2 is 1.85 bits per heavy atom. The first-order valence-corrected chi connectivity index (χ1v) is 10.2. The Hall–Kier alpha value is -1.76. The van der Waals surface area contributed by atoms with Gasteiger partial charge in [-0.3, -0.25) is 9.52 Å². The zero-order chi connectivity index (χ0) is 19.5. The molecule has 0 bridgehead atoms. The van der Waals surface area contributed by atoms with E-state index in [0.717, 1.165) is 0 Å². The summed E-state index contributed by atoms with van der Waals surface area (Å²) >= 11 is 12.0. The third-order valence-electron chi connectivity index (χ3n) is 3.63. The number of rotatable bonds is 6. The number of anilines is 1. The predicted octanol–water partition coefficient (Wildman–Crippen LogP) is 4.49. The Morgan fingerprint density at radius 3 is 2.50 bits per heavy atom. The van der Waals surface area contributed by atoms with Gasteiger partial charge in [0.05, 0.1) is 20.6 Å². The van der Waals surface area contributed by atoms with E-state index in [4.69, 9.17) is 23.2 Å². The molecule has 0 atom stereocenters. The lowest BCUT2D eigenvalue weighted by molar-refractivity contribution is 0.0948. The highest BCUT2D eigenvalue weighted by molar-refractivity contribution is 7.92. The van der Waals surface area contributed by atoms with Crippen molar-refractivity contribution in [1.29, 1.82) is 0 Å². The van der Waals surface area contributed by atoms with Crippen molar-refractivity contribution in [3.63, 3.8) is 0 Å². The van der Waals surface area contributed by atoms with Crippen LogP contribution in [0, 0.1) is 12.8 Å². The van der Waals surface area contributed by atoms with Crippen LogP contribution in [0.5, 0.6) is 0 Å². The second-order valence-electron chi connectivity index (χ2n) is 6.29. The van der Waals surface area contributed by atoms with Crippen molar-refractivity contribution in [2.24, 2.45) is 5.92 Å². The summed E-state index contributed by atoms with van der Waals surface area (Å²) in [6.45, 7) is 6.22. The first-order chi connectivity index (χ1) is 12.1. The zero-order valence-electron chi connectivity index (χ0n) is 14.6. The molecule has 26 heavy (non-hydrogen) atoms. The van der Waals surface area contributed by atoms with Gasteiger partial charge in [0.15, 0.2) is 0 Å². The average molecular weight is 415 g/mol. The molecule has 2 aromatic rings. The minimum Gasteiger partial charge on any atom is -0.352 e. The molecule has 0 spiro atoms. The van der Waals surface area contributed by atoms with Crippen molar-refractivity contribution in [3.05, 3.63) is 57.6 Å². The lowest BCUT2D eigenvalue weighted by Crippen LogP contribution is -2.28. The maximum absolute atomic E-state index is 12.7. The van der Waals surface area contributed by atoms with Gasteiger partial charge in [-0.2, -0.15) is 0 Å². The topological polar surface area (TPSA) is 75.3 Å². The number of sulfonamides is 1. The van der Waals surface area contributed by atoms with Crippen molar-refractivity contribution in [1.82, 2.24) is 5.32 Å². The summed E-state index contributed by atoms with van der Waals surface area (Å²) in [6, 6.07) is 9.05. The van der Waals surface area contributed by atoms with Gasteiger partial charge in [-0.1, -0.05) is 49.2 Å². The number of halogens is 2. The first-order valence-electron chi connectivity index (χ1n) is 7.97. The van der Waals surface area contributed by atoms with E-state index in [1.165, 1.54) is 18.2 Å². The van der Waals surface area contributed by atoms with Gasteiger partial charge in [-0.05, 0) is 42.7 Å². The van der Waals surface area contributed by atoms with Crippen LogP contribution in [-0.2, 0) is 10.0 Å². The molecule has 2 N–H and O–H groups in total. The van der Waals surface area contributed by atoms with Gasteiger partial charge in [0.1, 0.15) is 0 Å². The number of hydrogen-bond donors (Lipinski definition) is 2. The van der Waals surface area contributed by atoms with E-state index >= 15 is 0 Å². The van der Waals surface area contributed by atoms with Crippen LogP contribution >= 0.6 is 23.2 Å². The molecular weight excluding hydrogens is 395 g/mol. The molecule has 1 amide bonds. The Kier molecular flexibility index (Phi) is 6.55. The zero-order valence-corrected chi connectivity index (χ0v) is 17.0. The number of benzene rings is 2. The van der Waals surface area contributed by atoms with Gasteiger partial charge in [-0.25, -0.2) is 8.42 Å². The van der Waals surface area contributed by atoms with E-state index in [1.807, 2.05) is 13.8 Å². The molecular formula is C18H20Cl2N2O3S. The van der Waals surface area contributed by atoms with E-state index in [-0.39, 0.29) is 32.5 Å². The normalized spacial score (nSPS) is 11.5. The lowest BCUT2D eigenvalue weighted by Gasteiger charge is -2.13. The van der Waals surface area contributed by atoms with Crippen molar-refractivity contribution in [3.8, 4) is 0 Å². The molecule has 0 aromatic heterocycles. The SMILES string of the molecule is Cc1ccc(S(=O)(=O)Nc2cccc(Cl)c2Cl)cc1C(=O)NCC(C)C. The molecule has 2 aromatic carbocycles. The number of hydrogen-bond acceptors (Lipinski definition) is 3. The maximum atomic E-state index is 12.7. The van der Waals surface area contributed by atoms with Crippen LogP contribution in [0.1, 0.15) is 29.8 Å². The molecule has 0 aliphatic rings. The van der Waals surface area contributed by atoms with Crippen molar-refractivity contribution in [2.75, 3.05) is 11.3 Å². The van der Waals surface area contributed by atoms with Crippen LogP contribution in [-0.4, -0.2) is 20.9 Å². The summed E-state index contributed by atoms with van der Waals surface area (Å²) in [5, 5.41) is 3.14. The molecule has 0 aliphatic carbocycles. The van der Waals surface area contributed by atoms with Crippen molar-refractivity contribution >= 4 is 44.8 Å².